The van der Waals surface area contributed by atoms with Crippen molar-refractivity contribution in [2.45, 2.75) is 32.1 Å². The Morgan fingerprint density at radius 3 is 2.73 bits per heavy atom. The summed E-state index contributed by atoms with van der Waals surface area (Å²) in [5, 5.41) is 4.06. The van der Waals surface area contributed by atoms with E-state index in [1.807, 2.05) is 43.3 Å². The van der Waals surface area contributed by atoms with E-state index >= 15 is 0 Å². The smallest absolute Gasteiger partial charge is 0.253 e. The van der Waals surface area contributed by atoms with Gasteiger partial charge >= 0.3 is 0 Å². The number of aliphatic imine (C=N–C) groups is 1. The molecule has 0 radical (unpaired) electrons. The average molecular weight is 406 g/mol. The SMILES string of the molecule is CC(c1ccc(-c2ccccc2)c(F)c1)c1cc(/N=C(/N)N2CCCCC2=O)on1. The highest BCUT2D eigenvalue weighted by Crippen LogP contribution is 2.30. The third kappa shape index (κ3) is 4.10. The van der Waals surface area contributed by atoms with E-state index in [1.165, 1.54) is 11.0 Å². The number of hydrogen-bond acceptors (Lipinski definition) is 4. The summed E-state index contributed by atoms with van der Waals surface area (Å²) < 4.78 is 20.0. The van der Waals surface area contributed by atoms with Crippen LogP contribution in [0.1, 0.15) is 43.4 Å². The summed E-state index contributed by atoms with van der Waals surface area (Å²) in [6.45, 7) is 2.47. The van der Waals surface area contributed by atoms with E-state index in [0.29, 0.717) is 24.2 Å². The molecule has 1 unspecified atom stereocenters. The van der Waals surface area contributed by atoms with Gasteiger partial charge in [0.05, 0.1) is 5.69 Å². The normalized spacial score (nSPS) is 16.0. The van der Waals surface area contributed by atoms with Gasteiger partial charge in [-0.15, -0.1) is 0 Å². The van der Waals surface area contributed by atoms with Gasteiger partial charge in [0.2, 0.25) is 11.9 Å². The number of halogens is 1. The Morgan fingerprint density at radius 2 is 2.00 bits per heavy atom. The van der Waals surface area contributed by atoms with Gasteiger partial charge < -0.3 is 10.3 Å². The number of nitrogens with zero attached hydrogens (tertiary/aromatic N) is 3. The number of rotatable bonds is 4. The van der Waals surface area contributed by atoms with E-state index in [-0.39, 0.29) is 29.5 Å². The van der Waals surface area contributed by atoms with Crippen LogP contribution in [0.2, 0.25) is 0 Å². The van der Waals surface area contributed by atoms with Crippen molar-refractivity contribution >= 4 is 17.8 Å². The second kappa shape index (κ2) is 8.49. The fourth-order valence-corrected chi connectivity index (χ4v) is 3.58. The molecule has 1 fully saturated rings. The summed E-state index contributed by atoms with van der Waals surface area (Å²) in [4.78, 5) is 17.6. The van der Waals surface area contributed by atoms with Gasteiger partial charge in [0.15, 0.2) is 0 Å². The lowest BCUT2D eigenvalue weighted by Crippen LogP contribution is -2.44. The molecule has 6 nitrogen and oxygen atoms in total. The molecule has 154 valence electrons. The van der Waals surface area contributed by atoms with Crippen LogP contribution in [0.3, 0.4) is 0 Å². The van der Waals surface area contributed by atoms with Crippen molar-refractivity contribution in [3.05, 3.63) is 71.7 Å². The molecule has 1 saturated heterocycles. The number of carbonyl (C=O) groups is 1. The van der Waals surface area contributed by atoms with Gasteiger partial charge in [-0.1, -0.05) is 54.5 Å². The first-order valence-corrected chi connectivity index (χ1v) is 9.99. The lowest BCUT2D eigenvalue weighted by atomic mass is 9.95. The first-order chi connectivity index (χ1) is 14.5. The zero-order chi connectivity index (χ0) is 21.1. The molecule has 0 saturated carbocycles. The van der Waals surface area contributed by atoms with E-state index < -0.39 is 0 Å². The van der Waals surface area contributed by atoms with Crippen molar-refractivity contribution in [2.75, 3.05) is 6.54 Å². The fourth-order valence-electron chi connectivity index (χ4n) is 3.58. The quantitative estimate of drug-likeness (QED) is 0.507. The largest absolute Gasteiger partial charge is 0.369 e. The zero-order valence-electron chi connectivity index (χ0n) is 16.7. The lowest BCUT2D eigenvalue weighted by molar-refractivity contribution is -0.129. The molecule has 1 atom stereocenters. The molecule has 4 rings (SSSR count). The van der Waals surface area contributed by atoms with Crippen LogP contribution in [0.4, 0.5) is 10.3 Å². The third-order valence-electron chi connectivity index (χ3n) is 5.36. The molecule has 3 aromatic rings. The van der Waals surface area contributed by atoms with Crippen LogP contribution in [0, 0.1) is 5.82 Å². The van der Waals surface area contributed by atoms with Crippen LogP contribution < -0.4 is 5.73 Å². The molecule has 1 aromatic heterocycles. The highest BCUT2D eigenvalue weighted by atomic mass is 19.1. The van der Waals surface area contributed by atoms with Crippen molar-refractivity contribution in [3.63, 3.8) is 0 Å². The molecule has 2 aromatic carbocycles. The molecule has 7 heteroatoms. The highest BCUT2D eigenvalue weighted by Gasteiger charge is 2.22. The summed E-state index contributed by atoms with van der Waals surface area (Å²) in [7, 11) is 0. The van der Waals surface area contributed by atoms with Crippen LogP contribution in [0.25, 0.3) is 11.1 Å². The van der Waals surface area contributed by atoms with Crippen molar-refractivity contribution in [1.29, 1.82) is 0 Å². The molecule has 0 bridgehead atoms. The second-order valence-corrected chi connectivity index (χ2v) is 7.39. The van der Waals surface area contributed by atoms with Gasteiger partial charge in [0, 0.05) is 30.5 Å². The molecule has 2 N–H and O–H groups in total. The number of benzene rings is 2. The molecule has 0 spiro atoms. The Hall–Kier alpha value is -3.48. The van der Waals surface area contributed by atoms with Crippen LogP contribution in [0.15, 0.2) is 64.1 Å². The Bertz CT molecular complexity index is 1080. The summed E-state index contributed by atoms with van der Waals surface area (Å²) in [5.74, 6) is -0.206. The Kier molecular flexibility index (Phi) is 5.61. The molecule has 2 heterocycles. The fraction of sp³-hybridized carbons (Fsp3) is 0.261. The predicted molar refractivity (Wildman–Crippen MR) is 113 cm³/mol. The molecule has 1 amide bonds. The molecule has 1 aliphatic rings. The maximum Gasteiger partial charge on any atom is 0.253 e. The summed E-state index contributed by atoms with van der Waals surface area (Å²) in [5.41, 5.74) is 8.74. The van der Waals surface area contributed by atoms with Crippen molar-refractivity contribution in [1.82, 2.24) is 10.1 Å². The van der Waals surface area contributed by atoms with E-state index in [2.05, 4.69) is 10.1 Å². The van der Waals surface area contributed by atoms with Gasteiger partial charge in [-0.3, -0.25) is 9.69 Å². The predicted octanol–water partition coefficient (Wildman–Crippen LogP) is 4.59. The molecular formula is C23H23FN4O2. The summed E-state index contributed by atoms with van der Waals surface area (Å²) in [6, 6.07) is 16.3. The van der Waals surface area contributed by atoms with E-state index in [0.717, 1.165) is 24.0 Å². The number of hydrogen-bond donors (Lipinski definition) is 1. The Labute approximate surface area is 174 Å². The van der Waals surface area contributed by atoms with Gasteiger partial charge in [-0.25, -0.2) is 4.39 Å². The molecular weight excluding hydrogens is 383 g/mol. The summed E-state index contributed by atoms with van der Waals surface area (Å²) in [6.07, 6.45) is 2.23. The van der Waals surface area contributed by atoms with Gasteiger partial charge in [0.25, 0.3) is 5.88 Å². The average Bonchev–Trinajstić information content (AvgIpc) is 3.22. The number of nitrogens with two attached hydrogens (primary N) is 1. The standard InChI is InChI=1S/C23H23FN4O2/c1-15(17-10-11-18(19(24)13-17)16-7-3-2-4-8-16)20-14-21(30-27-20)26-23(25)28-12-6-5-9-22(28)29/h2-4,7-8,10-11,13-15H,5-6,9,12H2,1H3,(H2,25,26). The number of piperidine rings is 1. The van der Waals surface area contributed by atoms with E-state index in [1.54, 1.807) is 12.1 Å². The van der Waals surface area contributed by atoms with Crippen molar-refractivity contribution in [3.8, 4) is 11.1 Å². The van der Waals surface area contributed by atoms with Crippen LogP contribution in [-0.2, 0) is 4.79 Å². The monoisotopic (exact) mass is 406 g/mol. The Morgan fingerprint density at radius 1 is 1.20 bits per heavy atom. The highest BCUT2D eigenvalue weighted by molar-refractivity contribution is 5.97. The minimum absolute atomic E-state index is 0.0374. The second-order valence-electron chi connectivity index (χ2n) is 7.39. The van der Waals surface area contributed by atoms with Crippen LogP contribution in [-0.4, -0.2) is 28.5 Å². The van der Waals surface area contributed by atoms with Gasteiger partial charge in [-0.05, 0) is 30.0 Å². The maximum atomic E-state index is 14.7. The molecule has 30 heavy (non-hydrogen) atoms. The zero-order valence-corrected chi connectivity index (χ0v) is 16.7. The van der Waals surface area contributed by atoms with Crippen LogP contribution >= 0.6 is 0 Å². The van der Waals surface area contributed by atoms with E-state index in [4.69, 9.17) is 10.3 Å². The van der Waals surface area contributed by atoms with Gasteiger partial charge in [-0.2, -0.15) is 4.99 Å². The maximum absolute atomic E-state index is 14.7. The first kappa shape index (κ1) is 19.8. The van der Waals surface area contributed by atoms with E-state index in [9.17, 15) is 9.18 Å². The molecule has 0 aliphatic carbocycles. The topological polar surface area (TPSA) is 84.7 Å². The number of aromatic nitrogens is 1. The molecule has 1 aliphatic heterocycles. The lowest BCUT2D eigenvalue weighted by Gasteiger charge is -2.25. The van der Waals surface area contributed by atoms with Gasteiger partial charge in [0.1, 0.15) is 5.82 Å². The minimum Gasteiger partial charge on any atom is -0.369 e. The third-order valence-corrected chi connectivity index (χ3v) is 5.36. The number of guanidine groups is 1. The van der Waals surface area contributed by atoms with Crippen molar-refractivity contribution in [2.24, 2.45) is 10.7 Å². The number of likely N-dealkylation sites (tertiary alicyclic amines) is 1. The first-order valence-electron chi connectivity index (χ1n) is 9.99. The minimum atomic E-state index is -0.292. The summed E-state index contributed by atoms with van der Waals surface area (Å²) >= 11 is 0. The van der Waals surface area contributed by atoms with Crippen LogP contribution in [0.5, 0.6) is 0 Å². The number of amides is 1. The number of carbonyl (C=O) groups excluding carboxylic acids is 1. The van der Waals surface area contributed by atoms with Crippen molar-refractivity contribution < 1.29 is 13.7 Å². The Balaban J connectivity index is 1.53.